The van der Waals surface area contributed by atoms with Gasteiger partial charge in [0.15, 0.2) is 6.10 Å². The Morgan fingerprint density at radius 1 is 1.05 bits per heavy atom. The number of ether oxygens (including phenoxy) is 2. The van der Waals surface area contributed by atoms with Crippen molar-refractivity contribution in [3.8, 4) is 11.5 Å². The SMILES string of the molecule is COc1ccc(C[C@H](Oc2ccc(C)cc2)C(=O)O)cc1. The topological polar surface area (TPSA) is 55.8 Å². The van der Waals surface area contributed by atoms with Gasteiger partial charge in [-0.25, -0.2) is 4.79 Å². The molecule has 2 rings (SSSR count). The summed E-state index contributed by atoms with van der Waals surface area (Å²) in [4.78, 5) is 11.3. The summed E-state index contributed by atoms with van der Waals surface area (Å²) >= 11 is 0. The zero-order valence-corrected chi connectivity index (χ0v) is 12.1. The van der Waals surface area contributed by atoms with Gasteiger partial charge >= 0.3 is 5.97 Å². The molecule has 0 unspecified atom stereocenters. The van der Waals surface area contributed by atoms with Crippen LogP contribution in [-0.4, -0.2) is 24.3 Å². The molecule has 2 aromatic carbocycles. The van der Waals surface area contributed by atoms with Crippen molar-refractivity contribution < 1.29 is 19.4 Å². The summed E-state index contributed by atoms with van der Waals surface area (Å²) in [6.07, 6.45) is -0.617. The van der Waals surface area contributed by atoms with Crippen LogP contribution in [0.1, 0.15) is 11.1 Å². The molecule has 0 saturated heterocycles. The third kappa shape index (κ3) is 4.24. The highest BCUT2D eigenvalue weighted by atomic mass is 16.5. The van der Waals surface area contributed by atoms with Crippen LogP contribution in [0.5, 0.6) is 11.5 Å². The van der Waals surface area contributed by atoms with Gasteiger partial charge in [0.25, 0.3) is 0 Å². The zero-order chi connectivity index (χ0) is 15.2. The predicted molar refractivity (Wildman–Crippen MR) is 79.9 cm³/mol. The second kappa shape index (κ2) is 6.79. The van der Waals surface area contributed by atoms with Gasteiger partial charge < -0.3 is 14.6 Å². The second-order valence-corrected chi connectivity index (χ2v) is 4.81. The first-order valence-corrected chi connectivity index (χ1v) is 6.67. The lowest BCUT2D eigenvalue weighted by molar-refractivity contribution is -0.145. The maximum atomic E-state index is 11.3. The minimum absolute atomic E-state index is 0.299. The van der Waals surface area contributed by atoms with E-state index in [1.54, 1.807) is 31.4 Å². The molecule has 0 aromatic heterocycles. The number of hydrogen-bond donors (Lipinski definition) is 1. The fourth-order valence-corrected chi connectivity index (χ4v) is 1.94. The monoisotopic (exact) mass is 286 g/mol. The van der Waals surface area contributed by atoms with Gasteiger partial charge in [0.2, 0.25) is 0 Å². The zero-order valence-electron chi connectivity index (χ0n) is 12.1. The Bertz CT molecular complexity index is 587. The molecule has 0 radical (unpaired) electrons. The third-order valence-electron chi connectivity index (χ3n) is 3.15. The Balaban J connectivity index is 2.07. The van der Waals surface area contributed by atoms with E-state index in [4.69, 9.17) is 9.47 Å². The highest BCUT2D eigenvalue weighted by Gasteiger charge is 2.20. The van der Waals surface area contributed by atoms with Crippen molar-refractivity contribution >= 4 is 5.97 Å². The fourth-order valence-electron chi connectivity index (χ4n) is 1.94. The van der Waals surface area contributed by atoms with Gasteiger partial charge in [0.05, 0.1) is 7.11 Å². The van der Waals surface area contributed by atoms with Crippen molar-refractivity contribution in [2.75, 3.05) is 7.11 Å². The molecule has 0 bridgehead atoms. The van der Waals surface area contributed by atoms with Crippen molar-refractivity contribution in [3.05, 3.63) is 59.7 Å². The van der Waals surface area contributed by atoms with Crippen molar-refractivity contribution in [3.63, 3.8) is 0 Å². The van der Waals surface area contributed by atoms with Crippen LogP contribution < -0.4 is 9.47 Å². The summed E-state index contributed by atoms with van der Waals surface area (Å²) in [6, 6.07) is 14.6. The Kier molecular flexibility index (Phi) is 4.82. The Labute approximate surface area is 123 Å². The van der Waals surface area contributed by atoms with E-state index in [0.29, 0.717) is 12.2 Å². The van der Waals surface area contributed by atoms with E-state index >= 15 is 0 Å². The number of hydrogen-bond acceptors (Lipinski definition) is 3. The number of carboxylic acids is 1. The number of rotatable bonds is 6. The summed E-state index contributed by atoms with van der Waals surface area (Å²) in [7, 11) is 1.59. The van der Waals surface area contributed by atoms with Crippen LogP contribution in [0.2, 0.25) is 0 Å². The maximum Gasteiger partial charge on any atom is 0.345 e. The van der Waals surface area contributed by atoms with Gasteiger partial charge in [-0.3, -0.25) is 0 Å². The van der Waals surface area contributed by atoms with Crippen LogP contribution in [0, 0.1) is 6.92 Å². The average Bonchev–Trinajstić information content (AvgIpc) is 2.49. The van der Waals surface area contributed by atoms with Crippen LogP contribution in [0.4, 0.5) is 0 Å². The first-order chi connectivity index (χ1) is 10.1. The molecule has 4 nitrogen and oxygen atoms in total. The van der Waals surface area contributed by atoms with E-state index in [9.17, 15) is 9.90 Å². The average molecular weight is 286 g/mol. The van der Waals surface area contributed by atoms with Crippen molar-refractivity contribution in [2.45, 2.75) is 19.4 Å². The summed E-state index contributed by atoms with van der Waals surface area (Å²) in [6.45, 7) is 1.97. The number of carboxylic acid groups (broad SMARTS) is 1. The number of aryl methyl sites for hydroxylation is 1. The first kappa shape index (κ1) is 14.9. The molecule has 1 N–H and O–H groups in total. The van der Waals surface area contributed by atoms with E-state index in [1.807, 2.05) is 31.2 Å². The van der Waals surface area contributed by atoms with Crippen molar-refractivity contribution in [2.24, 2.45) is 0 Å². The number of carbonyl (C=O) groups is 1. The first-order valence-electron chi connectivity index (χ1n) is 6.67. The Morgan fingerprint density at radius 2 is 1.62 bits per heavy atom. The summed E-state index contributed by atoms with van der Waals surface area (Å²) < 4.78 is 10.6. The lowest BCUT2D eigenvalue weighted by Gasteiger charge is -2.15. The molecule has 1 atom stereocenters. The number of methoxy groups -OCH3 is 1. The molecule has 110 valence electrons. The normalized spacial score (nSPS) is 11.7. The van der Waals surface area contributed by atoms with Gasteiger partial charge in [-0.05, 0) is 36.8 Å². The highest BCUT2D eigenvalue weighted by Crippen LogP contribution is 2.17. The van der Waals surface area contributed by atoms with E-state index in [-0.39, 0.29) is 0 Å². The summed E-state index contributed by atoms with van der Waals surface area (Å²) in [5.41, 5.74) is 1.99. The van der Waals surface area contributed by atoms with Gasteiger partial charge in [0, 0.05) is 6.42 Å². The predicted octanol–water partition coefficient (Wildman–Crippen LogP) is 3.08. The highest BCUT2D eigenvalue weighted by molar-refractivity contribution is 5.73. The van der Waals surface area contributed by atoms with Crippen LogP contribution in [0.15, 0.2) is 48.5 Å². The van der Waals surface area contributed by atoms with E-state index in [1.165, 1.54) is 0 Å². The maximum absolute atomic E-state index is 11.3. The molecule has 0 aliphatic rings. The lowest BCUT2D eigenvalue weighted by atomic mass is 10.1. The van der Waals surface area contributed by atoms with Crippen LogP contribution in [-0.2, 0) is 11.2 Å². The quantitative estimate of drug-likeness (QED) is 0.886. The van der Waals surface area contributed by atoms with Crippen molar-refractivity contribution in [1.82, 2.24) is 0 Å². The molecule has 0 amide bonds. The smallest absolute Gasteiger partial charge is 0.345 e. The summed E-state index contributed by atoms with van der Waals surface area (Å²) in [5.74, 6) is 0.318. The van der Waals surface area contributed by atoms with Gasteiger partial charge in [0.1, 0.15) is 11.5 Å². The Hall–Kier alpha value is -2.49. The number of aliphatic carboxylic acids is 1. The molecule has 0 aliphatic carbocycles. The Morgan fingerprint density at radius 3 is 2.14 bits per heavy atom. The van der Waals surface area contributed by atoms with E-state index in [0.717, 1.165) is 16.9 Å². The molecule has 0 heterocycles. The summed E-state index contributed by atoms with van der Waals surface area (Å²) in [5, 5.41) is 9.30. The molecule has 0 saturated carbocycles. The third-order valence-corrected chi connectivity index (χ3v) is 3.15. The van der Waals surface area contributed by atoms with Gasteiger partial charge in [-0.1, -0.05) is 29.8 Å². The molecule has 0 aliphatic heterocycles. The van der Waals surface area contributed by atoms with Crippen molar-refractivity contribution in [1.29, 1.82) is 0 Å². The molecule has 0 fully saturated rings. The molecular formula is C17H18O4. The molecule has 2 aromatic rings. The molecular weight excluding hydrogens is 268 g/mol. The van der Waals surface area contributed by atoms with E-state index < -0.39 is 12.1 Å². The molecule has 4 heteroatoms. The van der Waals surface area contributed by atoms with Crippen LogP contribution >= 0.6 is 0 Å². The van der Waals surface area contributed by atoms with Gasteiger partial charge in [-0.2, -0.15) is 0 Å². The molecule has 21 heavy (non-hydrogen) atoms. The largest absolute Gasteiger partial charge is 0.497 e. The van der Waals surface area contributed by atoms with E-state index in [2.05, 4.69) is 0 Å². The minimum Gasteiger partial charge on any atom is -0.497 e. The van der Waals surface area contributed by atoms with Gasteiger partial charge in [-0.15, -0.1) is 0 Å². The number of benzene rings is 2. The standard InChI is InChI=1S/C17H18O4/c1-12-3-7-15(8-4-12)21-16(17(18)19)11-13-5-9-14(20-2)10-6-13/h3-10,16H,11H2,1-2H3,(H,18,19)/t16-/m0/s1. The second-order valence-electron chi connectivity index (χ2n) is 4.81. The fraction of sp³-hybridized carbons (Fsp3) is 0.235. The van der Waals surface area contributed by atoms with Crippen LogP contribution in [0.3, 0.4) is 0 Å². The minimum atomic E-state index is -0.980. The van der Waals surface area contributed by atoms with Crippen LogP contribution in [0.25, 0.3) is 0 Å². The lowest BCUT2D eigenvalue weighted by Crippen LogP contribution is -2.29. The molecule has 0 spiro atoms.